The van der Waals surface area contributed by atoms with Gasteiger partial charge in [0.1, 0.15) is 5.00 Å². The molecule has 1 atom stereocenters. The molecule has 1 unspecified atom stereocenters. The van der Waals surface area contributed by atoms with Crippen molar-refractivity contribution in [3.8, 4) is 0 Å². The maximum Gasteiger partial charge on any atom is 0.114 e. The Labute approximate surface area is 77.9 Å². The number of allylic oxidation sites excluding steroid dienone is 1. The average molecular weight is 195 g/mol. The summed E-state index contributed by atoms with van der Waals surface area (Å²) < 4.78 is 0. The van der Waals surface area contributed by atoms with Crippen molar-refractivity contribution in [1.29, 1.82) is 0 Å². The highest BCUT2D eigenvalue weighted by Crippen LogP contribution is 2.20. The number of halogens is 2. The van der Waals surface area contributed by atoms with Gasteiger partial charge in [0.25, 0.3) is 0 Å². The van der Waals surface area contributed by atoms with Gasteiger partial charge < -0.3 is 11.1 Å². The Bertz CT molecular complexity index is 185. The van der Waals surface area contributed by atoms with Crippen LogP contribution in [0.4, 0.5) is 0 Å². The number of rotatable bonds is 1. The minimum atomic E-state index is -0.666. The van der Waals surface area contributed by atoms with Crippen LogP contribution in [-0.4, -0.2) is 12.0 Å². The molecule has 1 aliphatic carbocycles. The molecule has 0 aromatic carbocycles. The number of alkyl halides is 1. The third-order valence-corrected chi connectivity index (χ3v) is 1.74. The van der Waals surface area contributed by atoms with E-state index < -0.39 is 5.00 Å². The topological polar surface area (TPSA) is 38.0 Å². The minimum Gasteiger partial charge on any atom is -0.388 e. The van der Waals surface area contributed by atoms with Crippen LogP contribution >= 0.6 is 24.0 Å². The zero-order valence-corrected chi connectivity index (χ0v) is 7.88. The Morgan fingerprint density at radius 3 is 2.73 bits per heavy atom. The smallest absolute Gasteiger partial charge is 0.114 e. The Kier molecular flexibility index (Phi) is 3.93. The van der Waals surface area contributed by atoms with Crippen molar-refractivity contribution in [1.82, 2.24) is 5.32 Å². The number of hydrogen-bond acceptors (Lipinski definition) is 2. The summed E-state index contributed by atoms with van der Waals surface area (Å²) in [5.41, 5.74) is 6.67. The molecule has 0 saturated carbocycles. The van der Waals surface area contributed by atoms with Crippen LogP contribution in [0.2, 0.25) is 0 Å². The summed E-state index contributed by atoms with van der Waals surface area (Å²) in [6.45, 7) is 0. The Balaban J connectivity index is 0.000001000. The molecular formula is C7H12Cl2N2. The molecule has 0 aliphatic heterocycles. The third-order valence-electron chi connectivity index (χ3n) is 1.46. The fraction of sp³-hybridized carbons (Fsp3) is 0.429. The fourth-order valence-corrected chi connectivity index (χ4v) is 0.956. The van der Waals surface area contributed by atoms with Gasteiger partial charge in [0.05, 0.1) is 0 Å². The molecule has 0 saturated heterocycles. The highest BCUT2D eigenvalue weighted by molar-refractivity contribution is 6.25. The lowest BCUT2D eigenvalue weighted by atomic mass is 10.1. The normalized spacial score (nSPS) is 28.8. The summed E-state index contributed by atoms with van der Waals surface area (Å²) >= 11 is 5.81. The van der Waals surface area contributed by atoms with Crippen molar-refractivity contribution in [3.63, 3.8) is 0 Å². The van der Waals surface area contributed by atoms with Gasteiger partial charge in [-0.15, -0.1) is 12.4 Å². The fourth-order valence-electron chi connectivity index (χ4n) is 0.816. The van der Waals surface area contributed by atoms with E-state index in [1.807, 2.05) is 19.2 Å². The van der Waals surface area contributed by atoms with Crippen molar-refractivity contribution in [2.24, 2.45) is 5.73 Å². The van der Waals surface area contributed by atoms with Crippen molar-refractivity contribution in [2.75, 3.05) is 7.05 Å². The van der Waals surface area contributed by atoms with E-state index in [1.165, 1.54) is 0 Å². The van der Waals surface area contributed by atoms with Gasteiger partial charge in [0.15, 0.2) is 0 Å². The second-order valence-electron chi connectivity index (χ2n) is 2.37. The lowest BCUT2D eigenvalue weighted by Crippen LogP contribution is -2.31. The summed E-state index contributed by atoms with van der Waals surface area (Å²) in [5.74, 6) is 0. The van der Waals surface area contributed by atoms with Crippen LogP contribution in [0, 0.1) is 0 Å². The summed E-state index contributed by atoms with van der Waals surface area (Å²) in [6.07, 6.45) is 6.34. The van der Waals surface area contributed by atoms with E-state index in [4.69, 9.17) is 17.3 Å². The summed E-state index contributed by atoms with van der Waals surface area (Å²) in [6, 6.07) is 0. The maximum atomic E-state index is 5.81. The third kappa shape index (κ3) is 3.14. The molecule has 0 radical (unpaired) electrons. The first-order chi connectivity index (χ1) is 4.64. The lowest BCUT2D eigenvalue weighted by molar-refractivity contribution is 0.728. The zero-order chi connectivity index (χ0) is 7.61. The van der Waals surface area contributed by atoms with E-state index in [0.29, 0.717) is 6.42 Å². The largest absolute Gasteiger partial charge is 0.388 e. The van der Waals surface area contributed by atoms with E-state index in [0.717, 1.165) is 5.70 Å². The second kappa shape index (κ2) is 4.00. The zero-order valence-electron chi connectivity index (χ0n) is 6.30. The van der Waals surface area contributed by atoms with Gasteiger partial charge in [0.2, 0.25) is 0 Å². The average Bonchev–Trinajstić information content (AvgIpc) is 1.88. The van der Waals surface area contributed by atoms with Crippen LogP contribution in [0.25, 0.3) is 0 Å². The molecular weight excluding hydrogens is 183 g/mol. The van der Waals surface area contributed by atoms with Crippen molar-refractivity contribution >= 4 is 24.0 Å². The van der Waals surface area contributed by atoms with Gasteiger partial charge in [-0.25, -0.2) is 0 Å². The van der Waals surface area contributed by atoms with E-state index in [2.05, 4.69) is 5.32 Å². The maximum absolute atomic E-state index is 5.81. The van der Waals surface area contributed by atoms with E-state index in [1.54, 1.807) is 6.08 Å². The molecule has 1 rings (SSSR count). The molecule has 0 heterocycles. The minimum absolute atomic E-state index is 0. The summed E-state index contributed by atoms with van der Waals surface area (Å²) in [5, 5.41) is 3.00. The van der Waals surface area contributed by atoms with Crippen LogP contribution in [0.3, 0.4) is 0 Å². The highest BCUT2D eigenvalue weighted by atomic mass is 35.5. The number of nitrogens with one attached hydrogen (secondary N) is 1. The number of hydrogen-bond donors (Lipinski definition) is 2. The predicted molar refractivity (Wildman–Crippen MR) is 50.9 cm³/mol. The van der Waals surface area contributed by atoms with Crippen LogP contribution in [0.1, 0.15) is 6.42 Å². The van der Waals surface area contributed by atoms with Crippen LogP contribution in [0.15, 0.2) is 23.9 Å². The molecule has 0 spiro atoms. The van der Waals surface area contributed by atoms with Crippen molar-refractivity contribution < 1.29 is 0 Å². The summed E-state index contributed by atoms with van der Waals surface area (Å²) in [4.78, 5) is -0.666. The van der Waals surface area contributed by atoms with Crippen LogP contribution in [-0.2, 0) is 0 Å². The Morgan fingerprint density at radius 2 is 2.36 bits per heavy atom. The predicted octanol–water partition coefficient (Wildman–Crippen LogP) is 1.37. The first-order valence-corrected chi connectivity index (χ1v) is 3.57. The number of likely N-dealkylation sites (N-methyl/N-ethyl adjacent to an activating group) is 1. The van der Waals surface area contributed by atoms with E-state index in [-0.39, 0.29) is 12.4 Å². The molecule has 2 nitrogen and oxygen atoms in total. The molecule has 0 bridgehead atoms. The first-order valence-electron chi connectivity index (χ1n) is 3.19. The van der Waals surface area contributed by atoms with Gasteiger partial charge >= 0.3 is 0 Å². The van der Waals surface area contributed by atoms with Gasteiger partial charge in [-0.1, -0.05) is 17.7 Å². The Hall–Kier alpha value is -0.180. The van der Waals surface area contributed by atoms with E-state index >= 15 is 0 Å². The van der Waals surface area contributed by atoms with Crippen LogP contribution < -0.4 is 11.1 Å². The van der Waals surface area contributed by atoms with Gasteiger partial charge in [-0.2, -0.15) is 0 Å². The highest BCUT2D eigenvalue weighted by Gasteiger charge is 2.18. The molecule has 4 heteroatoms. The van der Waals surface area contributed by atoms with Gasteiger partial charge in [0, 0.05) is 19.2 Å². The molecule has 0 fully saturated rings. The first kappa shape index (κ1) is 10.8. The lowest BCUT2D eigenvalue weighted by Gasteiger charge is -2.19. The molecule has 11 heavy (non-hydrogen) atoms. The summed E-state index contributed by atoms with van der Waals surface area (Å²) in [7, 11) is 1.87. The SMILES string of the molecule is CNC1=CCC(N)(Cl)C=C1.Cl. The van der Waals surface area contributed by atoms with E-state index in [9.17, 15) is 0 Å². The molecule has 0 aromatic heterocycles. The molecule has 64 valence electrons. The Morgan fingerprint density at radius 1 is 1.73 bits per heavy atom. The molecule has 3 N–H and O–H groups in total. The number of nitrogens with two attached hydrogens (primary N) is 1. The van der Waals surface area contributed by atoms with Crippen LogP contribution in [0.5, 0.6) is 0 Å². The quantitative estimate of drug-likeness (QED) is 0.489. The molecule has 0 aromatic rings. The van der Waals surface area contributed by atoms with Crippen molar-refractivity contribution in [3.05, 3.63) is 23.9 Å². The molecule has 1 aliphatic rings. The van der Waals surface area contributed by atoms with Crippen molar-refractivity contribution in [2.45, 2.75) is 11.4 Å². The van der Waals surface area contributed by atoms with Gasteiger partial charge in [-0.3, -0.25) is 0 Å². The van der Waals surface area contributed by atoms with Gasteiger partial charge in [-0.05, 0) is 12.2 Å². The second-order valence-corrected chi connectivity index (χ2v) is 3.08. The monoisotopic (exact) mass is 194 g/mol. The standard InChI is InChI=1S/C7H11ClN2.ClH/c1-10-6-2-4-7(8,9)5-3-6;/h2-4,10H,5,9H2,1H3;1H. The molecule has 0 amide bonds.